The molecule has 0 aliphatic carbocycles. The van der Waals surface area contributed by atoms with Crippen LogP contribution in [0.4, 0.5) is 0 Å². The first-order valence-corrected chi connectivity index (χ1v) is 6.62. The monoisotopic (exact) mass is 226 g/mol. The maximum Gasteiger partial charge on any atom is 0.0940 e. The maximum absolute atomic E-state index is 4.41. The third-order valence-corrected chi connectivity index (χ3v) is 3.96. The molecule has 0 radical (unpaired) electrons. The molecule has 1 N–H and O–H groups in total. The van der Waals surface area contributed by atoms with Gasteiger partial charge in [-0.3, -0.25) is 0 Å². The van der Waals surface area contributed by atoms with Crippen LogP contribution in [0.25, 0.3) is 0 Å². The van der Waals surface area contributed by atoms with Gasteiger partial charge in [0.1, 0.15) is 0 Å². The van der Waals surface area contributed by atoms with E-state index in [9.17, 15) is 0 Å². The predicted octanol–water partition coefficient (Wildman–Crippen LogP) is 2.88. The Morgan fingerprint density at radius 1 is 1.40 bits per heavy atom. The number of aromatic nitrogens is 1. The van der Waals surface area contributed by atoms with Crippen LogP contribution in [-0.4, -0.2) is 17.6 Å². The Kier molecular flexibility index (Phi) is 5.26. The summed E-state index contributed by atoms with van der Waals surface area (Å²) < 4.78 is 0. The van der Waals surface area contributed by atoms with Gasteiger partial charge in [-0.25, -0.2) is 4.98 Å². The summed E-state index contributed by atoms with van der Waals surface area (Å²) in [5.41, 5.74) is 0. The van der Waals surface area contributed by atoms with Crippen molar-refractivity contribution in [2.24, 2.45) is 5.92 Å². The lowest BCUT2D eigenvalue weighted by atomic mass is 10.1. The lowest BCUT2D eigenvalue weighted by molar-refractivity contribution is 0.430. The van der Waals surface area contributed by atoms with Crippen molar-refractivity contribution < 1.29 is 0 Å². The minimum Gasteiger partial charge on any atom is -0.314 e. The number of aryl methyl sites for hydroxylation is 1. The quantitative estimate of drug-likeness (QED) is 0.807. The number of thiazole rings is 1. The van der Waals surface area contributed by atoms with E-state index in [1.807, 2.05) is 17.5 Å². The van der Waals surface area contributed by atoms with Gasteiger partial charge in [0.2, 0.25) is 0 Å². The highest BCUT2D eigenvalue weighted by atomic mass is 32.1. The molecule has 1 aromatic heterocycles. The van der Waals surface area contributed by atoms with E-state index in [4.69, 9.17) is 0 Å². The van der Waals surface area contributed by atoms with Crippen LogP contribution < -0.4 is 5.32 Å². The minimum atomic E-state index is 0.593. The normalized spacial score (nSPS) is 13.4. The van der Waals surface area contributed by atoms with Gasteiger partial charge in [-0.1, -0.05) is 20.8 Å². The molecule has 0 aliphatic rings. The van der Waals surface area contributed by atoms with Crippen LogP contribution in [-0.2, 0) is 12.8 Å². The second-order valence-corrected chi connectivity index (χ2v) is 5.51. The van der Waals surface area contributed by atoms with Gasteiger partial charge in [-0.2, -0.15) is 0 Å². The molecule has 1 heterocycles. The molecule has 0 spiro atoms. The molecule has 1 aromatic rings. The van der Waals surface area contributed by atoms with E-state index in [0.717, 1.165) is 19.4 Å². The van der Waals surface area contributed by atoms with Crippen molar-refractivity contribution in [1.29, 1.82) is 0 Å². The molecular weight excluding hydrogens is 204 g/mol. The van der Waals surface area contributed by atoms with Gasteiger partial charge < -0.3 is 5.32 Å². The molecule has 15 heavy (non-hydrogen) atoms. The second-order valence-electron chi connectivity index (χ2n) is 4.31. The standard InChI is InChI=1S/C12H22N2S/c1-5-11-8-14-12(15-11)6-7-13-10(4)9(2)3/h8-10,13H,5-7H2,1-4H3. The van der Waals surface area contributed by atoms with Gasteiger partial charge in [0, 0.05) is 30.1 Å². The van der Waals surface area contributed by atoms with E-state index < -0.39 is 0 Å². The molecule has 1 unspecified atom stereocenters. The Morgan fingerprint density at radius 2 is 2.13 bits per heavy atom. The molecule has 0 saturated heterocycles. The van der Waals surface area contributed by atoms with Crippen molar-refractivity contribution in [1.82, 2.24) is 10.3 Å². The lowest BCUT2D eigenvalue weighted by Crippen LogP contribution is -2.32. The van der Waals surface area contributed by atoms with Crippen molar-refractivity contribution in [2.45, 2.75) is 46.6 Å². The van der Waals surface area contributed by atoms with Crippen molar-refractivity contribution >= 4 is 11.3 Å². The molecular formula is C12H22N2S. The molecule has 0 bridgehead atoms. The van der Waals surface area contributed by atoms with E-state index in [0.29, 0.717) is 12.0 Å². The SMILES string of the molecule is CCc1cnc(CCNC(C)C(C)C)s1. The highest BCUT2D eigenvalue weighted by Gasteiger charge is 2.06. The molecule has 0 aliphatic heterocycles. The number of hydrogen-bond donors (Lipinski definition) is 1. The number of nitrogens with zero attached hydrogens (tertiary/aromatic N) is 1. The Hall–Kier alpha value is -0.410. The van der Waals surface area contributed by atoms with Gasteiger partial charge in [-0.15, -0.1) is 11.3 Å². The zero-order valence-electron chi connectivity index (χ0n) is 10.2. The average molecular weight is 226 g/mol. The first kappa shape index (κ1) is 12.7. The van der Waals surface area contributed by atoms with Crippen LogP contribution in [0, 0.1) is 5.92 Å². The topological polar surface area (TPSA) is 24.9 Å². The maximum atomic E-state index is 4.41. The largest absolute Gasteiger partial charge is 0.314 e. The minimum absolute atomic E-state index is 0.593. The molecule has 0 saturated carbocycles. The van der Waals surface area contributed by atoms with E-state index in [1.54, 1.807) is 0 Å². The first-order chi connectivity index (χ1) is 7.13. The van der Waals surface area contributed by atoms with Crippen molar-refractivity contribution in [2.75, 3.05) is 6.54 Å². The first-order valence-electron chi connectivity index (χ1n) is 5.80. The summed E-state index contributed by atoms with van der Waals surface area (Å²) in [4.78, 5) is 5.80. The van der Waals surface area contributed by atoms with Crippen LogP contribution in [0.5, 0.6) is 0 Å². The van der Waals surface area contributed by atoms with Crippen LogP contribution in [0.1, 0.15) is 37.6 Å². The van der Waals surface area contributed by atoms with E-state index in [1.165, 1.54) is 9.88 Å². The fourth-order valence-electron chi connectivity index (χ4n) is 1.27. The second kappa shape index (κ2) is 6.23. The van der Waals surface area contributed by atoms with E-state index in [-0.39, 0.29) is 0 Å². The van der Waals surface area contributed by atoms with Crippen LogP contribution in [0.15, 0.2) is 6.20 Å². The van der Waals surface area contributed by atoms with Gasteiger partial charge in [-0.05, 0) is 19.3 Å². The lowest BCUT2D eigenvalue weighted by Gasteiger charge is -2.16. The number of rotatable bonds is 6. The molecule has 0 fully saturated rings. The van der Waals surface area contributed by atoms with Crippen molar-refractivity contribution in [3.8, 4) is 0 Å². The zero-order valence-corrected chi connectivity index (χ0v) is 11.0. The summed E-state index contributed by atoms with van der Waals surface area (Å²) in [6, 6.07) is 0.593. The van der Waals surface area contributed by atoms with E-state index in [2.05, 4.69) is 38.0 Å². The summed E-state index contributed by atoms with van der Waals surface area (Å²) in [7, 11) is 0. The predicted molar refractivity (Wildman–Crippen MR) is 67.5 cm³/mol. The fraction of sp³-hybridized carbons (Fsp3) is 0.750. The summed E-state index contributed by atoms with van der Waals surface area (Å²) in [6.07, 6.45) is 4.17. The molecule has 0 aromatic carbocycles. The molecule has 0 amide bonds. The molecule has 3 heteroatoms. The Labute approximate surface area is 97.1 Å². The van der Waals surface area contributed by atoms with E-state index >= 15 is 0 Å². The summed E-state index contributed by atoms with van der Waals surface area (Å²) >= 11 is 1.84. The van der Waals surface area contributed by atoms with Crippen molar-refractivity contribution in [3.05, 3.63) is 16.1 Å². The summed E-state index contributed by atoms with van der Waals surface area (Å²) in [5.74, 6) is 0.701. The smallest absolute Gasteiger partial charge is 0.0940 e. The molecule has 2 nitrogen and oxygen atoms in total. The molecule has 1 atom stereocenters. The zero-order chi connectivity index (χ0) is 11.3. The Bertz CT molecular complexity index is 281. The highest BCUT2D eigenvalue weighted by Crippen LogP contribution is 2.13. The van der Waals surface area contributed by atoms with Gasteiger partial charge in [0.05, 0.1) is 5.01 Å². The third kappa shape index (κ3) is 4.31. The van der Waals surface area contributed by atoms with Crippen LogP contribution >= 0.6 is 11.3 Å². The molecule has 86 valence electrons. The average Bonchev–Trinajstić information content (AvgIpc) is 2.65. The van der Waals surface area contributed by atoms with Crippen LogP contribution in [0.3, 0.4) is 0 Å². The number of nitrogens with one attached hydrogen (secondary N) is 1. The Balaban J connectivity index is 2.25. The third-order valence-electron chi connectivity index (χ3n) is 2.76. The summed E-state index contributed by atoms with van der Waals surface area (Å²) in [6.45, 7) is 9.95. The summed E-state index contributed by atoms with van der Waals surface area (Å²) in [5, 5.41) is 4.78. The van der Waals surface area contributed by atoms with Crippen LogP contribution in [0.2, 0.25) is 0 Å². The highest BCUT2D eigenvalue weighted by molar-refractivity contribution is 7.11. The van der Waals surface area contributed by atoms with Gasteiger partial charge in [0.25, 0.3) is 0 Å². The van der Waals surface area contributed by atoms with Gasteiger partial charge >= 0.3 is 0 Å². The van der Waals surface area contributed by atoms with Gasteiger partial charge in [0.15, 0.2) is 0 Å². The van der Waals surface area contributed by atoms with Crippen molar-refractivity contribution in [3.63, 3.8) is 0 Å². The molecule has 1 rings (SSSR count). The Morgan fingerprint density at radius 3 is 2.67 bits per heavy atom. The fourth-order valence-corrected chi connectivity index (χ4v) is 2.13. The number of hydrogen-bond acceptors (Lipinski definition) is 3.